The molecule has 1 N–H and O–H groups in total. The Hall–Kier alpha value is -2.32. The Labute approximate surface area is 170 Å². The molecule has 2 rings (SSSR count). The zero-order valence-corrected chi connectivity index (χ0v) is 17.1. The highest BCUT2D eigenvalue weighted by atomic mass is 79.9. The fraction of sp³-hybridized carbons (Fsp3) is 0.211. The van der Waals surface area contributed by atoms with Crippen LogP contribution < -0.4 is 10.2 Å². The van der Waals surface area contributed by atoms with Crippen molar-refractivity contribution in [3.8, 4) is 5.75 Å². The minimum Gasteiger partial charge on any atom is -0.482 e. The van der Waals surface area contributed by atoms with Crippen molar-refractivity contribution < 1.29 is 19.1 Å². The first-order valence-corrected chi connectivity index (χ1v) is 9.95. The zero-order chi connectivity index (χ0) is 19.5. The molecule has 1 amide bonds. The Bertz CT molecular complexity index is 797. The van der Waals surface area contributed by atoms with E-state index in [2.05, 4.69) is 31.2 Å². The number of nitrogens with zero attached hydrogens (tertiary/aromatic N) is 1. The SMILES string of the molecule is COC(=O)COc1ccc(/C=N\NC(=O)CSCc2cccc(Br)c2)cc1. The average Bonchev–Trinajstić information content (AvgIpc) is 2.67. The number of thioether (sulfide) groups is 1. The molecule has 0 fully saturated rings. The van der Waals surface area contributed by atoms with Gasteiger partial charge in [-0.25, -0.2) is 10.2 Å². The highest BCUT2D eigenvalue weighted by Crippen LogP contribution is 2.16. The predicted octanol–water partition coefficient (Wildman–Crippen LogP) is 3.38. The maximum Gasteiger partial charge on any atom is 0.343 e. The van der Waals surface area contributed by atoms with Crippen LogP contribution in [0.4, 0.5) is 0 Å². The molecule has 0 spiro atoms. The molecule has 0 saturated heterocycles. The van der Waals surface area contributed by atoms with Gasteiger partial charge in [-0.05, 0) is 47.5 Å². The van der Waals surface area contributed by atoms with E-state index in [0.29, 0.717) is 11.5 Å². The summed E-state index contributed by atoms with van der Waals surface area (Å²) < 4.78 is 10.8. The molecule has 0 aliphatic heterocycles. The lowest BCUT2D eigenvalue weighted by Crippen LogP contribution is -2.19. The van der Waals surface area contributed by atoms with Crippen LogP contribution in [0.1, 0.15) is 11.1 Å². The minimum atomic E-state index is -0.443. The molecule has 8 heteroatoms. The molecule has 0 aromatic heterocycles. The first-order valence-electron chi connectivity index (χ1n) is 8.00. The van der Waals surface area contributed by atoms with Crippen LogP contribution in [0.3, 0.4) is 0 Å². The number of methoxy groups -OCH3 is 1. The van der Waals surface area contributed by atoms with Crippen molar-refractivity contribution in [3.63, 3.8) is 0 Å². The molecule has 0 radical (unpaired) electrons. The molecular weight excluding hydrogens is 432 g/mol. The minimum absolute atomic E-state index is 0.141. The van der Waals surface area contributed by atoms with Gasteiger partial charge in [-0.1, -0.05) is 28.1 Å². The molecule has 0 aliphatic carbocycles. The van der Waals surface area contributed by atoms with Crippen LogP contribution in [0.15, 0.2) is 58.1 Å². The summed E-state index contributed by atoms with van der Waals surface area (Å²) in [5.74, 6) is 1.02. The first-order chi connectivity index (χ1) is 13.1. The van der Waals surface area contributed by atoms with Gasteiger partial charge in [0, 0.05) is 10.2 Å². The second-order valence-electron chi connectivity index (χ2n) is 5.35. The predicted molar refractivity (Wildman–Crippen MR) is 110 cm³/mol. The first kappa shape index (κ1) is 21.0. The lowest BCUT2D eigenvalue weighted by Gasteiger charge is -2.04. The van der Waals surface area contributed by atoms with Crippen molar-refractivity contribution in [2.75, 3.05) is 19.5 Å². The van der Waals surface area contributed by atoms with Crippen molar-refractivity contribution >= 4 is 45.8 Å². The topological polar surface area (TPSA) is 77.0 Å². The number of esters is 1. The average molecular weight is 451 g/mol. The van der Waals surface area contributed by atoms with Crippen molar-refractivity contribution in [2.24, 2.45) is 5.10 Å². The summed E-state index contributed by atoms with van der Waals surface area (Å²) in [6.07, 6.45) is 1.54. The molecule has 0 aliphatic rings. The zero-order valence-electron chi connectivity index (χ0n) is 14.7. The van der Waals surface area contributed by atoms with Gasteiger partial charge in [0.15, 0.2) is 6.61 Å². The number of nitrogens with one attached hydrogen (secondary N) is 1. The summed E-state index contributed by atoms with van der Waals surface area (Å²) in [7, 11) is 1.30. The van der Waals surface area contributed by atoms with E-state index in [1.807, 2.05) is 24.3 Å². The van der Waals surface area contributed by atoms with Gasteiger partial charge in [0.1, 0.15) is 5.75 Å². The van der Waals surface area contributed by atoms with E-state index in [1.54, 1.807) is 30.5 Å². The molecule has 27 heavy (non-hydrogen) atoms. The summed E-state index contributed by atoms with van der Waals surface area (Å²) >= 11 is 4.95. The summed E-state index contributed by atoms with van der Waals surface area (Å²) in [5, 5.41) is 3.94. The molecule has 2 aromatic carbocycles. The maximum atomic E-state index is 11.8. The molecule has 0 heterocycles. The lowest BCUT2D eigenvalue weighted by atomic mass is 10.2. The number of amides is 1. The fourth-order valence-corrected chi connectivity index (χ4v) is 3.16. The number of hydrogen-bond donors (Lipinski definition) is 1. The Morgan fingerprint density at radius 2 is 2.00 bits per heavy atom. The van der Waals surface area contributed by atoms with Gasteiger partial charge < -0.3 is 9.47 Å². The summed E-state index contributed by atoms with van der Waals surface area (Å²) in [6.45, 7) is -0.141. The number of hydrazone groups is 1. The van der Waals surface area contributed by atoms with E-state index in [-0.39, 0.29) is 12.5 Å². The molecule has 2 aromatic rings. The third kappa shape index (κ3) is 8.27. The molecule has 6 nitrogen and oxygen atoms in total. The number of hydrogen-bond acceptors (Lipinski definition) is 6. The van der Waals surface area contributed by atoms with Crippen LogP contribution in [0.2, 0.25) is 0 Å². The standard InChI is InChI=1S/C19H19BrN2O4S/c1-25-19(24)11-26-17-7-5-14(6-8-17)10-21-22-18(23)13-27-12-15-3-2-4-16(20)9-15/h2-10H,11-13H2,1H3,(H,22,23)/b21-10-. The number of ether oxygens (including phenoxy) is 2. The van der Waals surface area contributed by atoms with Gasteiger partial charge in [0.05, 0.1) is 19.1 Å². The van der Waals surface area contributed by atoms with Gasteiger partial charge in [0.2, 0.25) is 5.91 Å². The summed E-state index contributed by atoms with van der Waals surface area (Å²) in [5.41, 5.74) is 4.45. The van der Waals surface area contributed by atoms with Crippen LogP contribution in [0, 0.1) is 0 Å². The summed E-state index contributed by atoms with van der Waals surface area (Å²) in [4.78, 5) is 22.8. The van der Waals surface area contributed by atoms with Crippen molar-refractivity contribution in [1.82, 2.24) is 5.43 Å². The van der Waals surface area contributed by atoms with Crippen LogP contribution >= 0.6 is 27.7 Å². The van der Waals surface area contributed by atoms with Gasteiger partial charge in [-0.2, -0.15) is 5.10 Å². The number of rotatable bonds is 9. The van der Waals surface area contributed by atoms with Crippen molar-refractivity contribution in [3.05, 3.63) is 64.1 Å². The smallest absolute Gasteiger partial charge is 0.343 e. The van der Waals surface area contributed by atoms with E-state index in [1.165, 1.54) is 18.9 Å². The molecule has 0 bridgehead atoms. The highest BCUT2D eigenvalue weighted by molar-refractivity contribution is 9.10. The largest absolute Gasteiger partial charge is 0.482 e. The number of benzene rings is 2. The Kier molecular flexibility index (Phi) is 8.86. The monoisotopic (exact) mass is 450 g/mol. The van der Waals surface area contributed by atoms with E-state index in [9.17, 15) is 9.59 Å². The number of halogens is 1. The Morgan fingerprint density at radius 1 is 1.22 bits per heavy atom. The third-order valence-electron chi connectivity index (χ3n) is 3.26. The van der Waals surface area contributed by atoms with Crippen LogP contribution in [-0.4, -0.2) is 37.6 Å². The van der Waals surface area contributed by atoms with E-state index in [0.717, 1.165) is 21.4 Å². The second-order valence-corrected chi connectivity index (χ2v) is 7.25. The highest BCUT2D eigenvalue weighted by Gasteiger charge is 2.02. The van der Waals surface area contributed by atoms with Crippen LogP contribution in [0.5, 0.6) is 5.75 Å². The van der Waals surface area contributed by atoms with E-state index >= 15 is 0 Å². The number of carbonyl (C=O) groups excluding carboxylic acids is 2. The lowest BCUT2D eigenvalue weighted by molar-refractivity contribution is -0.142. The quantitative estimate of drug-likeness (QED) is 0.359. The normalized spacial score (nSPS) is 10.6. The van der Waals surface area contributed by atoms with E-state index < -0.39 is 5.97 Å². The maximum absolute atomic E-state index is 11.8. The molecule has 0 saturated carbocycles. The molecular formula is C19H19BrN2O4S. The summed E-state index contributed by atoms with van der Waals surface area (Å²) in [6, 6.07) is 14.9. The van der Waals surface area contributed by atoms with Crippen LogP contribution in [-0.2, 0) is 20.1 Å². The Balaban J connectivity index is 1.69. The van der Waals surface area contributed by atoms with Gasteiger partial charge in [-0.3, -0.25) is 4.79 Å². The molecule has 0 atom stereocenters. The van der Waals surface area contributed by atoms with Crippen LogP contribution in [0.25, 0.3) is 0 Å². The van der Waals surface area contributed by atoms with E-state index in [4.69, 9.17) is 4.74 Å². The molecule has 0 unspecified atom stereocenters. The third-order valence-corrected chi connectivity index (χ3v) is 4.76. The molecule has 142 valence electrons. The van der Waals surface area contributed by atoms with Crippen molar-refractivity contribution in [2.45, 2.75) is 5.75 Å². The van der Waals surface area contributed by atoms with Gasteiger partial charge in [-0.15, -0.1) is 11.8 Å². The second kappa shape index (κ2) is 11.4. The fourth-order valence-electron chi connectivity index (χ4n) is 1.95. The van der Waals surface area contributed by atoms with Crippen molar-refractivity contribution in [1.29, 1.82) is 0 Å². The van der Waals surface area contributed by atoms with Gasteiger partial charge in [0.25, 0.3) is 0 Å². The Morgan fingerprint density at radius 3 is 2.70 bits per heavy atom. The number of carbonyl (C=O) groups is 2. The van der Waals surface area contributed by atoms with Gasteiger partial charge >= 0.3 is 5.97 Å².